The van der Waals surface area contributed by atoms with Gasteiger partial charge in [0.05, 0.1) is 0 Å². The second kappa shape index (κ2) is 4.39. The van der Waals surface area contributed by atoms with E-state index in [9.17, 15) is 0 Å². The van der Waals surface area contributed by atoms with Gasteiger partial charge in [0.25, 0.3) is 0 Å². The zero-order valence-electron chi connectivity index (χ0n) is 8.44. The summed E-state index contributed by atoms with van der Waals surface area (Å²) in [5.74, 6) is 5.99. The van der Waals surface area contributed by atoms with E-state index in [1.165, 1.54) is 0 Å². The largest absolute Gasteiger partial charge is 0.263 e. The van der Waals surface area contributed by atoms with Gasteiger partial charge in [-0.05, 0) is 36.6 Å². The topological polar surface area (TPSA) is 25.8 Å². The summed E-state index contributed by atoms with van der Waals surface area (Å²) in [4.78, 5) is 8.19. The van der Waals surface area contributed by atoms with Crippen LogP contribution in [0.4, 0.5) is 0 Å². The van der Waals surface area contributed by atoms with Crippen molar-refractivity contribution in [3.05, 3.63) is 59.7 Å². The molecule has 0 fully saturated rings. The first-order valence-electron chi connectivity index (χ1n) is 4.69. The summed E-state index contributed by atoms with van der Waals surface area (Å²) in [5, 5.41) is 0. The van der Waals surface area contributed by atoms with Crippen molar-refractivity contribution in [1.82, 2.24) is 9.97 Å². The maximum absolute atomic E-state index is 4.20. The van der Waals surface area contributed by atoms with E-state index in [0.29, 0.717) is 0 Å². The number of pyridine rings is 2. The van der Waals surface area contributed by atoms with Crippen molar-refractivity contribution in [3.63, 3.8) is 0 Å². The van der Waals surface area contributed by atoms with Crippen LogP contribution >= 0.6 is 0 Å². The number of hydrogen-bond acceptors (Lipinski definition) is 2. The van der Waals surface area contributed by atoms with E-state index in [1.54, 1.807) is 12.4 Å². The predicted molar refractivity (Wildman–Crippen MR) is 59.2 cm³/mol. The van der Waals surface area contributed by atoms with Crippen LogP contribution in [-0.4, -0.2) is 9.97 Å². The van der Waals surface area contributed by atoms with Crippen LogP contribution < -0.4 is 0 Å². The Bertz CT molecular complexity index is 490. The summed E-state index contributed by atoms with van der Waals surface area (Å²) in [5.41, 5.74) is 2.83. The molecule has 0 bridgehead atoms. The fourth-order valence-corrected chi connectivity index (χ4v) is 1.11. The van der Waals surface area contributed by atoms with Crippen LogP contribution in [0.3, 0.4) is 0 Å². The standard InChI is InChI=1S/C13H10N2/c1-11-4-6-13(15-9-11)7-5-12-3-2-8-14-10-12/h2-4,6,8-10H,1H3. The first-order valence-corrected chi connectivity index (χ1v) is 4.69. The maximum atomic E-state index is 4.20. The first-order chi connectivity index (χ1) is 7.34. The Balaban J connectivity index is 2.22. The lowest BCUT2D eigenvalue weighted by Crippen LogP contribution is -1.82. The molecule has 0 radical (unpaired) electrons. The average Bonchev–Trinajstić information content (AvgIpc) is 2.30. The molecule has 0 saturated heterocycles. The molecular formula is C13H10N2. The minimum absolute atomic E-state index is 0.782. The molecule has 0 saturated carbocycles. The molecular weight excluding hydrogens is 184 g/mol. The summed E-state index contributed by atoms with van der Waals surface area (Å²) in [6.45, 7) is 2.01. The number of aromatic nitrogens is 2. The smallest absolute Gasteiger partial charge is 0.113 e. The molecule has 0 unspecified atom stereocenters. The Morgan fingerprint density at radius 1 is 1.07 bits per heavy atom. The van der Waals surface area contributed by atoms with Gasteiger partial charge in [-0.15, -0.1) is 0 Å². The van der Waals surface area contributed by atoms with Gasteiger partial charge in [-0.25, -0.2) is 4.98 Å². The molecule has 0 N–H and O–H groups in total. The molecule has 0 aliphatic carbocycles. The summed E-state index contributed by atoms with van der Waals surface area (Å²) in [6, 6.07) is 7.71. The minimum Gasteiger partial charge on any atom is -0.263 e. The van der Waals surface area contributed by atoms with Gasteiger partial charge in [-0.1, -0.05) is 12.0 Å². The average molecular weight is 194 g/mol. The summed E-state index contributed by atoms with van der Waals surface area (Å²) >= 11 is 0. The lowest BCUT2D eigenvalue weighted by molar-refractivity contribution is 1.24. The third kappa shape index (κ3) is 2.65. The molecule has 2 heteroatoms. The lowest BCUT2D eigenvalue weighted by atomic mass is 10.2. The van der Waals surface area contributed by atoms with Gasteiger partial charge in [0.15, 0.2) is 0 Å². The Labute approximate surface area is 89.0 Å². The van der Waals surface area contributed by atoms with Crippen molar-refractivity contribution >= 4 is 0 Å². The SMILES string of the molecule is Cc1ccc(C#Cc2cccnc2)nc1. The summed E-state index contributed by atoms with van der Waals surface area (Å²) in [6.07, 6.45) is 5.28. The number of aryl methyl sites for hydroxylation is 1. The number of hydrogen-bond donors (Lipinski definition) is 0. The third-order valence-electron chi connectivity index (χ3n) is 1.91. The Kier molecular flexibility index (Phi) is 2.75. The highest BCUT2D eigenvalue weighted by molar-refractivity contribution is 5.38. The summed E-state index contributed by atoms with van der Waals surface area (Å²) < 4.78 is 0. The maximum Gasteiger partial charge on any atom is 0.113 e. The molecule has 0 aliphatic rings. The highest BCUT2D eigenvalue weighted by Gasteiger charge is 1.87. The third-order valence-corrected chi connectivity index (χ3v) is 1.91. The fourth-order valence-electron chi connectivity index (χ4n) is 1.11. The molecule has 0 aliphatic heterocycles. The van der Waals surface area contributed by atoms with E-state index < -0.39 is 0 Å². The van der Waals surface area contributed by atoms with Crippen LogP contribution in [0.25, 0.3) is 0 Å². The molecule has 2 rings (SSSR count). The monoisotopic (exact) mass is 194 g/mol. The van der Waals surface area contributed by atoms with Gasteiger partial charge < -0.3 is 0 Å². The van der Waals surface area contributed by atoms with Crippen molar-refractivity contribution < 1.29 is 0 Å². The molecule has 0 amide bonds. The predicted octanol–water partition coefficient (Wildman–Crippen LogP) is 2.18. The fraction of sp³-hybridized carbons (Fsp3) is 0.0769. The van der Waals surface area contributed by atoms with E-state index in [0.717, 1.165) is 16.8 Å². The molecule has 0 aromatic carbocycles. The molecule has 2 aromatic rings. The van der Waals surface area contributed by atoms with Gasteiger partial charge in [0.2, 0.25) is 0 Å². The van der Waals surface area contributed by atoms with Gasteiger partial charge in [-0.3, -0.25) is 4.98 Å². The van der Waals surface area contributed by atoms with Crippen LogP contribution in [0.2, 0.25) is 0 Å². The molecule has 0 atom stereocenters. The van der Waals surface area contributed by atoms with E-state index >= 15 is 0 Å². The molecule has 2 nitrogen and oxygen atoms in total. The van der Waals surface area contributed by atoms with E-state index in [2.05, 4.69) is 21.8 Å². The number of rotatable bonds is 0. The van der Waals surface area contributed by atoms with Crippen molar-refractivity contribution in [3.8, 4) is 11.8 Å². The first kappa shape index (κ1) is 9.42. The molecule has 2 aromatic heterocycles. The zero-order valence-corrected chi connectivity index (χ0v) is 8.44. The molecule has 72 valence electrons. The van der Waals surface area contributed by atoms with Crippen LogP contribution in [0.15, 0.2) is 42.9 Å². The van der Waals surface area contributed by atoms with Crippen molar-refractivity contribution in [2.24, 2.45) is 0 Å². The zero-order chi connectivity index (χ0) is 10.5. The quantitative estimate of drug-likeness (QED) is 0.601. The highest BCUT2D eigenvalue weighted by atomic mass is 14.7. The van der Waals surface area contributed by atoms with E-state index in [-0.39, 0.29) is 0 Å². The van der Waals surface area contributed by atoms with Crippen LogP contribution in [0.5, 0.6) is 0 Å². The molecule has 2 heterocycles. The van der Waals surface area contributed by atoms with Gasteiger partial charge in [0, 0.05) is 24.2 Å². The molecule has 15 heavy (non-hydrogen) atoms. The minimum atomic E-state index is 0.782. The molecule has 0 spiro atoms. The van der Waals surface area contributed by atoms with Crippen molar-refractivity contribution in [2.75, 3.05) is 0 Å². The lowest BCUT2D eigenvalue weighted by Gasteiger charge is -1.90. The summed E-state index contributed by atoms with van der Waals surface area (Å²) in [7, 11) is 0. The van der Waals surface area contributed by atoms with E-state index in [4.69, 9.17) is 0 Å². The highest BCUT2D eigenvalue weighted by Crippen LogP contribution is 1.97. The van der Waals surface area contributed by atoms with Gasteiger partial charge in [0.1, 0.15) is 5.69 Å². The van der Waals surface area contributed by atoms with Gasteiger partial charge in [-0.2, -0.15) is 0 Å². The Morgan fingerprint density at radius 3 is 2.67 bits per heavy atom. The Morgan fingerprint density at radius 2 is 2.00 bits per heavy atom. The van der Waals surface area contributed by atoms with Crippen LogP contribution in [0, 0.1) is 18.8 Å². The second-order valence-electron chi connectivity index (χ2n) is 3.21. The van der Waals surface area contributed by atoms with Crippen LogP contribution in [-0.2, 0) is 0 Å². The second-order valence-corrected chi connectivity index (χ2v) is 3.21. The van der Waals surface area contributed by atoms with Crippen LogP contribution in [0.1, 0.15) is 16.8 Å². The van der Waals surface area contributed by atoms with Gasteiger partial charge >= 0.3 is 0 Å². The van der Waals surface area contributed by atoms with E-state index in [1.807, 2.05) is 37.4 Å². The number of nitrogens with zero attached hydrogens (tertiary/aromatic N) is 2. The normalized spacial score (nSPS) is 9.13. The van der Waals surface area contributed by atoms with Crippen molar-refractivity contribution in [2.45, 2.75) is 6.92 Å². The van der Waals surface area contributed by atoms with Crippen molar-refractivity contribution in [1.29, 1.82) is 0 Å². The Hall–Kier alpha value is -2.14.